The summed E-state index contributed by atoms with van der Waals surface area (Å²) < 4.78 is 45.0. The van der Waals surface area contributed by atoms with Gasteiger partial charge in [0.25, 0.3) is 0 Å². The average Bonchev–Trinajstić information content (AvgIpc) is 3.61. The van der Waals surface area contributed by atoms with Crippen LogP contribution in [0.15, 0.2) is 48.9 Å². The number of halogens is 4. The molecule has 0 radical (unpaired) electrons. The normalized spacial score (nSPS) is 22.4. The fourth-order valence-electron chi connectivity index (χ4n) is 5.10. The third-order valence-electron chi connectivity index (χ3n) is 6.81. The molecule has 2 fully saturated rings. The van der Waals surface area contributed by atoms with Crippen LogP contribution < -0.4 is 10.2 Å². The van der Waals surface area contributed by atoms with Crippen molar-refractivity contribution in [3.8, 4) is 11.1 Å². The van der Waals surface area contributed by atoms with Crippen molar-refractivity contribution in [2.75, 3.05) is 24.5 Å². The van der Waals surface area contributed by atoms with Gasteiger partial charge in [-0.25, -0.2) is 18.2 Å². The van der Waals surface area contributed by atoms with E-state index in [1.165, 1.54) is 0 Å². The summed E-state index contributed by atoms with van der Waals surface area (Å²) in [7, 11) is 0. The summed E-state index contributed by atoms with van der Waals surface area (Å²) in [6.07, 6.45) is 5.12. The minimum atomic E-state index is -1.20. The van der Waals surface area contributed by atoms with Gasteiger partial charge in [-0.1, -0.05) is 11.6 Å². The molecule has 0 bridgehead atoms. The second kappa shape index (κ2) is 8.80. The van der Waals surface area contributed by atoms with Gasteiger partial charge < -0.3 is 10.2 Å². The summed E-state index contributed by atoms with van der Waals surface area (Å²) in [6, 6.07) is 6.35. The Kier molecular flexibility index (Phi) is 5.61. The van der Waals surface area contributed by atoms with Gasteiger partial charge in [0.1, 0.15) is 29.1 Å². The lowest BCUT2D eigenvalue weighted by Gasteiger charge is -2.26. The number of aromatic nitrogens is 4. The van der Waals surface area contributed by atoms with Gasteiger partial charge in [-0.15, -0.1) is 0 Å². The minimum absolute atomic E-state index is 0.0229. The molecule has 0 spiro atoms. The van der Waals surface area contributed by atoms with Crippen LogP contribution in [0.25, 0.3) is 22.2 Å². The molecule has 3 atom stereocenters. The van der Waals surface area contributed by atoms with Crippen LogP contribution in [0.3, 0.4) is 0 Å². The van der Waals surface area contributed by atoms with E-state index in [4.69, 9.17) is 16.6 Å². The van der Waals surface area contributed by atoms with Crippen molar-refractivity contribution in [1.29, 1.82) is 0 Å². The van der Waals surface area contributed by atoms with Crippen molar-refractivity contribution in [2.24, 2.45) is 0 Å². The zero-order chi connectivity index (χ0) is 24.1. The first kappa shape index (κ1) is 22.3. The fraction of sp³-hybridized carbons (Fsp3) is 0.320. The Morgan fingerprint density at radius 3 is 2.83 bits per heavy atom. The first-order valence-electron chi connectivity index (χ1n) is 11.5. The third kappa shape index (κ3) is 4.02. The van der Waals surface area contributed by atoms with E-state index in [0.29, 0.717) is 27.4 Å². The Bertz CT molecular complexity index is 1400. The molecule has 3 aromatic heterocycles. The van der Waals surface area contributed by atoms with Gasteiger partial charge >= 0.3 is 0 Å². The van der Waals surface area contributed by atoms with E-state index in [1.807, 2.05) is 10.9 Å². The predicted molar refractivity (Wildman–Crippen MR) is 128 cm³/mol. The molecule has 2 saturated heterocycles. The largest absolute Gasteiger partial charge is 0.346 e. The van der Waals surface area contributed by atoms with Crippen molar-refractivity contribution in [1.82, 2.24) is 25.1 Å². The number of alkyl halides is 1. The molecule has 0 saturated carbocycles. The Morgan fingerprint density at radius 1 is 1.11 bits per heavy atom. The molecule has 0 aliphatic carbocycles. The maximum absolute atomic E-state index is 14.6. The van der Waals surface area contributed by atoms with Crippen molar-refractivity contribution in [3.63, 3.8) is 0 Å². The Balaban J connectivity index is 1.44. The zero-order valence-corrected chi connectivity index (χ0v) is 19.4. The van der Waals surface area contributed by atoms with Crippen molar-refractivity contribution < 1.29 is 13.2 Å². The van der Waals surface area contributed by atoms with E-state index in [-0.39, 0.29) is 24.6 Å². The van der Waals surface area contributed by atoms with E-state index < -0.39 is 23.8 Å². The standard InChI is InChI=1S/C25H22ClF3N6/c26-19-11-31-21-3-4-23(34-13-16(28)8-22(34)18-7-15(27)1-2-20(18)29)33-25(21)24(19)14-9-32-35(12-14)17-5-6-30-10-17/h1-4,7,9,11-12,16-17,22,30H,5-6,8,10,13H2/t16-,17?,22+/m0/s1. The molecule has 4 aromatic rings. The molecule has 6 rings (SSSR count). The number of hydrogen-bond acceptors (Lipinski definition) is 5. The van der Waals surface area contributed by atoms with E-state index in [0.717, 1.165) is 43.3 Å². The molecule has 2 aliphatic rings. The van der Waals surface area contributed by atoms with Crippen LogP contribution in [0.4, 0.5) is 19.0 Å². The molecule has 0 amide bonds. The number of rotatable bonds is 4. The van der Waals surface area contributed by atoms with Gasteiger partial charge in [0, 0.05) is 42.0 Å². The lowest BCUT2D eigenvalue weighted by molar-refractivity contribution is 0.355. The Hall–Kier alpha value is -3.17. The topological polar surface area (TPSA) is 58.9 Å². The maximum atomic E-state index is 14.6. The second-order valence-electron chi connectivity index (χ2n) is 9.04. The highest BCUT2D eigenvalue weighted by Crippen LogP contribution is 2.40. The van der Waals surface area contributed by atoms with Crippen LogP contribution in [0.2, 0.25) is 5.02 Å². The van der Waals surface area contributed by atoms with Gasteiger partial charge in [-0.05, 0) is 43.3 Å². The molecule has 1 aromatic carbocycles. The van der Waals surface area contributed by atoms with Crippen LogP contribution in [-0.4, -0.2) is 45.6 Å². The number of nitrogens with one attached hydrogen (secondary N) is 1. The Morgan fingerprint density at radius 2 is 2.00 bits per heavy atom. The SMILES string of the molecule is Fc1ccc(F)c([C@H]2C[C@H](F)CN2c2ccc3ncc(Cl)c(-c4cnn(C5CCNC5)c4)c3n2)c1. The van der Waals surface area contributed by atoms with Gasteiger partial charge in [0.05, 0.1) is 35.4 Å². The fourth-order valence-corrected chi connectivity index (χ4v) is 5.35. The monoisotopic (exact) mass is 498 g/mol. The minimum Gasteiger partial charge on any atom is -0.346 e. The van der Waals surface area contributed by atoms with Crippen LogP contribution in [0, 0.1) is 11.6 Å². The zero-order valence-electron chi connectivity index (χ0n) is 18.6. The van der Waals surface area contributed by atoms with Gasteiger partial charge in [0.15, 0.2) is 0 Å². The molecule has 1 N–H and O–H groups in total. The number of anilines is 1. The smallest absolute Gasteiger partial charge is 0.130 e. The number of benzene rings is 1. The summed E-state index contributed by atoms with van der Waals surface area (Å²) in [5, 5.41) is 8.29. The molecule has 180 valence electrons. The highest BCUT2D eigenvalue weighted by atomic mass is 35.5. The number of fused-ring (bicyclic) bond motifs is 1. The lowest BCUT2D eigenvalue weighted by Crippen LogP contribution is -2.25. The first-order chi connectivity index (χ1) is 17.0. The molecule has 2 aliphatic heterocycles. The van der Waals surface area contributed by atoms with Crippen molar-refractivity contribution in [2.45, 2.75) is 31.1 Å². The van der Waals surface area contributed by atoms with Gasteiger partial charge in [-0.3, -0.25) is 9.67 Å². The first-order valence-corrected chi connectivity index (χ1v) is 11.9. The molecule has 1 unspecified atom stereocenters. The highest BCUT2D eigenvalue weighted by molar-refractivity contribution is 6.34. The highest BCUT2D eigenvalue weighted by Gasteiger charge is 2.36. The Labute approximate surface area is 204 Å². The molecule has 5 heterocycles. The molecular weight excluding hydrogens is 477 g/mol. The summed E-state index contributed by atoms with van der Waals surface area (Å²) >= 11 is 6.59. The third-order valence-corrected chi connectivity index (χ3v) is 7.10. The quantitative estimate of drug-likeness (QED) is 0.416. The van der Waals surface area contributed by atoms with Crippen molar-refractivity contribution >= 4 is 28.5 Å². The second-order valence-corrected chi connectivity index (χ2v) is 9.45. The van der Waals surface area contributed by atoms with E-state index in [9.17, 15) is 13.2 Å². The predicted octanol–water partition coefficient (Wildman–Crippen LogP) is 5.25. The lowest BCUT2D eigenvalue weighted by atomic mass is 10.0. The number of pyridine rings is 2. The summed E-state index contributed by atoms with van der Waals surface area (Å²) in [5.74, 6) is -0.692. The summed E-state index contributed by atoms with van der Waals surface area (Å²) in [5.41, 5.74) is 2.76. The van der Waals surface area contributed by atoms with Gasteiger partial charge in [-0.2, -0.15) is 5.10 Å². The number of hydrogen-bond donors (Lipinski definition) is 1. The maximum Gasteiger partial charge on any atom is 0.130 e. The molecular formula is C25H22ClF3N6. The summed E-state index contributed by atoms with van der Waals surface area (Å²) in [4.78, 5) is 10.9. The molecule has 35 heavy (non-hydrogen) atoms. The van der Waals surface area contributed by atoms with Crippen LogP contribution in [0.5, 0.6) is 0 Å². The van der Waals surface area contributed by atoms with Crippen LogP contribution in [-0.2, 0) is 0 Å². The van der Waals surface area contributed by atoms with E-state index in [1.54, 1.807) is 29.4 Å². The van der Waals surface area contributed by atoms with Crippen molar-refractivity contribution in [3.05, 3.63) is 71.1 Å². The molecule has 6 nitrogen and oxygen atoms in total. The van der Waals surface area contributed by atoms with E-state index >= 15 is 0 Å². The van der Waals surface area contributed by atoms with Crippen LogP contribution in [0.1, 0.15) is 30.5 Å². The average molecular weight is 499 g/mol. The number of nitrogens with zero attached hydrogens (tertiary/aromatic N) is 5. The van der Waals surface area contributed by atoms with E-state index in [2.05, 4.69) is 15.4 Å². The molecule has 10 heteroatoms. The van der Waals surface area contributed by atoms with Gasteiger partial charge in [0.2, 0.25) is 0 Å². The van der Waals surface area contributed by atoms with Crippen LogP contribution >= 0.6 is 11.6 Å². The summed E-state index contributed by atoms with van der Waals surface area (Å²) in [6.45, 7) is 1.82.